The summed E-state index contributed by atoms with van der Waals surface area (Å²) >= 11 is 0. The molecule has 0 rings (SSSR count). The van der Waals surface area contributed by atoms with E-state index in [0.717, 1.165) is 12.5 Å². The first-order chi connectivity index (χ1) is 24.9. The molecule has 0 unspecified atom stereocenters. The van der Waals surface area contributed by atoms with Gasteiger partial charge in [-0.25, -0.2) is 0 Å². The summed E-state index contributed by atoms with van der Waals surface area (Å²) in [6.07, 6.45) is -14.1. The highest BCUT2D eigenvalue weighted by Crippen LogP contribution is 2.60. The molecule has 0 atom stereocenters. The summed E-state index contributed by atoms with van der Waals surface area (Å²) in [5, 5.41) is 0. The van der Waals surface area contributed by atoms with Crippen LogP contribution in [0.15, 0.2) is 51.4 Å². The van der Waals surface area contributed by atoms with E-state index in [9.17, 15) is 96.6 Å². The molecule has 0 amide bonds. The Balaban J connectivity index is -0.000000412. The zero-order chi connectivity index (χ0) is 45.7. The Morgan fingerprint density at radius 2 is 0.571 bits per heavy atom. The van der Waals surface area contributed by atoms with Gasteiger partial charge in [-0.2, -0.15) is 96.6 Å². The van der Waals surface area contributed by atoms with E-state index in [1.807, 2.05) is 0 Å². The highest BCUT2D eigenvalue weighted by molar-refractivity contribution is 5.10. The number of rotatable bonds is 22. The maximum absolute atomic E-state index is 13.3. The molecule has 0 spiro atoms. The van der Waals surface area contributed by atoms with Crippen LogP contribution in [0, 0.1) is 0 Å². The van der Waals surface area contributed by atoms with Crippen molar-refractivity contribution in [2.45, 2.75) is 72.6 Å². The number of ether oxygens (including phenoxy) is 6. The first-order valence-electron chi connectivity index (χ1n) is 14.0. The summed E-state index contributed by atoms with van der Waals surface area (Å²) in [6.45, 7) is 8.61. The highest BCUT2D eigenvalue weighted by atomic mass is 19.4. The fraction of sp³-hybridized carbons (Fsp3) is 0.714. The Hall–Kier alpha value is -3.46. The van der Waals surface area contributed by atoms with Crippen LogP contribution in [0.3, 0.4) is 0 Å². The van der Waals surface area contributed by atoms with Gasteiger partial charge in [0.2, 0.25) is 0 Å². The van der Waals surface area contributed by atoms with Crippen molar-refractivity contribution >= 4 is 0 Å². The van der Waals surface area contributed by atoms with Gasteiger partial charge in [0.15, 0.2) is 0 Å². The Labute approximate surface area is 303 Å². The normalized spacial score (nSPS) is 13.3. The molecule has 0 saturated carbocycles. The smallest absolute Gasteiger partial charge is 0.460 e. The molecule has 6 nitrogen and oxygen atoms in total. The minimum absolute atomic E-state index is 0.176. The number of hydrogen-bond donors (Lipinski definition) is 0. The van der Waals surface area contributed by atoms with Gasteiger partial charge < -0.3 is 28.4 Å². The summed E-state index contributed by atoms with van der Waals surface area (Å²) in [4.78, 5) is 0. The standard InChI is InChI=1S/C12H11F13O2.C10H11F9O2.2C3H6O/c1-2-26-5-6-27-4-3-7(13,14)8(15,16)9(17,18)10(19,20)11(21,22)12(23,24)25;1-2-20-5-6-21-4-3-7(11,12)8(13,14)9(15,16)10(17,18)19;2*1-3-4-2/h2H,1,3-6H2;2H,1,3-6H2;2*3H,1H2,2H3. The van der Waals surface area contributed by atoms with Crippen molar-refractivity contribution in [3.05, 3.63) is 51.4 Å². The van der Waals surface area contributed by atoms with Crippen molar-refractivity contribution in [3.8, 4) is 0 Å². The fourth-order valence-electron chi connectivity index (χ4n) is 2.51. The minimum Gasteiger partial charge on any atom is -0.505 e. The van der Waals surface area contributed by atoms with Crippen LogP contribution in [0.4, 0.5) is 96.6 Å². The zero-order valence-corrected chi connectivity index (χ0v) is 28.6. The molecule has 28 heteroatoms. The molecule has 0 aromatic rings. The van der Waals surface area contributed by atoms with Crippen LogP contribution in [0.2, 0.25) is 0 Å². The number of halogens is 22. The van der Waals surface area contributed by atoms with Crippen molar-refractivity contribution in [2.75, 3.05) is 53.9 Å². The Morgan fingerprint density at radius 3 is 0.804 bits per heavy atom. The van der Waals surface area contributed by atoms with Crippen LogP contribution in [-0.4, -0.2) is 114 Å². The monoisotopic (exact) mass is 884 g/mol. The molecule has 0 aliphatic carbocycles. The maximum Gasteiger partial charge on any atom is 0.460 e. The molecule has 0 saturated heterocycles. The SMILES string of the molecule is C=COC.C=COC.C=COCCOCCC(F)(F)C(F)(F)C(F)(F)C(F)(F)C(F)(F)C(F)(F)F.C=COCCOCCC(F)(F)C(F)(F)C(F)(F)C(F)(F)F. The lowest BCUT2D eigenvalue weighted by Crippen LogP contribution is -2.70. The molecule has 0 heterocycles. The van der Waals surface area contributed by atoms with Crippen LogP contribution in [0.5, 0.6) is 0 Å². The largest absolute Gasteiger partial charge is 0.505 e. The number of alkyl halides is 22. The van der Waals surface area contributed by atoms with E-state index in [-0.39, 0.29) is 19.8 Å². The molecule has 0 aliphatic heterocycles. The molecular weight excluding hydrogens is 850 g/mol. The van der Waals surface area contributed by atoms with Gasteiger partial charge in [-0.05, 0) is 0 Å². The number of hydrogen-bond acceptors (Lipinski definition) is 6. The topological polar surface area (TPSA) is 55.4 Å². The second kappa shape index (κ2) is 23.7. The zero-order valence-electron chi connectivity index (χ0n) is 28.6. The molecule has 0 bridgehead atoms. The van der Waals surface area contributed by atoms with Crippen molar-refractivity contribution in [2.24, 2.45) is 0 Å². The molecule has 0 aromatic carbocycles. The van der Waals surface area contributed by atoms with Crippen molar-refractivity contribution < 1.29 is 125 Å². The summed E-state index contributed by atoms with van der Waals surface area (Å²) in [6, 6.07) is 0. The van der Waals surface area contributed by atoms with Crippen molar-refractivity contribution in [1.29, 1.82) is 0 Å². The second-order valence-corrected chi connectivity index (χ2v) is 9.46. The van der Waals surface area contributed by atoms with E-state index in [4.69, 9.17) is 0 Å². The van der Waals surface area contributed by atoms with Gasteiger partial charge in [-0.1, -0.05) is 26.3 Å². The van der Waals surface area contributed by atoms with Crippen LogP contribution in [-0.2, 0) is 28.4 Å². The van der Waals surface area contributed by atoms with Crippen LogP contribution in [0.25, 0.3) is 0 Å². The lowest BCUT2D eigenvalue weighted by Gasteiger charge is -2.39. The van der Waals surface area contributed by atoms with E-state index >= 15 is 0 Å². The Bertz CT molecular complexity index is 1120. The van der Waals surface area contributed by atoms with Gasteiger partial charge in [0.1, 0.15) is 13.2 Å². The molecular formula is C28H34F22O6. The van der Waals surface area contributed by atoms with Gasteiger partial charge in [-0.15, -0.1) is 0 Å². The third-order valence-corrected chi connectivity index (χ3v) is 5.59. The fourth-order valence-corrected chi connectivity index (χ4v) is 2.51. The highest BCUT2D eigenvalue weighted by Gasteiger charge is 2.90. The van der Waals surface area contributed by atoms with Crippen molar-refractivity contribution in [1.82, 2.24) is 0 Å². The van der Waals surface area contributed by atoms with Gasteiger partial charge in [0, 0.05) is 12.8 Å². The first-order valence-corrected chi connectivity index (χ1v) is 14.0. The lowest BCUT2D eigenvalue weighted by molar-refractivity contribution is -0.440. The van der Waals surface area contributed by atoms with E-state index in [0.29, 0.717) is 0 Å². The summed E-state index contributed by atoms with van der Waals surface area (Å²) in [5.74, 6) is -55.8. The second-order valence-electron chi connectivity index (χ2n) is 9.46. The quantitative estimate of drug-likeness (QED) is 0.0613. The molecule has 0 N–H and O–H groups in total. The number of methoxy groups -OCH3 is 2. The van der Waals surface area contributed by atoms with Crippen LogP contribution in [0.1, 0.15) is 12.8 Å². The lowest BCUT2D eigenvalue weighted by atomic mass is 9.93. The third kappa shape index (κ3) is 15.8. The molecule has 0 radical (unpaired) electrons. The summed E-state index contributed by atoms with van der Waals surface area (Å²) < 4.78 is 304. The summed E-state index contributed by atoms with van der Waals surface area (Å²) in [5.41, 5.74) is 0. The van der Waals surface area contributed by atoms with Gasteiger partial charge in [0.05, 0.1) is 65.7 Å². The van der Waals surface area contributed by atoms with Crippen LogP contribution < -0.4 is 0 Å². The Morgan fingerprint density at radius 1 is 0.339 bits per heavy atom. The van der Waals surface area contributed by atoms with Gasteiger partial charge in [0.25, 0.3) is 0 Å². The van der Waals surface area contributed by atoms with E-state index in [1.54, 1.807) is 14.2 Å². The Kier molecular flexibility index (Phi) is 25.1. The predicted molar refractivity (Wildman–Crippen MR) is 149 cm³/mol. The van der Waals surface area contributed by atoms with Gasteiger partial charge in [-0.3, -0.25) is 0 Å². The average molecular weight is 885 g/mol. The van der Waals surface area contributed by atoms with Crippen molar-refractivity contribution in [3.63, 3.8) is 0 Å². The van der Waals surface area contributed by atoms with Crippen LogP contribution >= 0.6 is 0 Å². The molecule has 56 heavy (non-hydrogen) atoms. The average Bonchev–Trinajstić information content (AvgIpc) is 3.06. The predicted octanol–water partition coefficient (Wildman–Crippen LogP) is 10.9. The summed E-state index contributed by atoms with van der Waals surface area (Å²) in [7, 11) is 3.12. The van der Waals surface area contributed by atoms with E-state index in [1.165, 1.54) is 12.5 Å². The molecule has 0 aliphatic rings. The van der Waals surface area contributed by atoms with Gasteiger partial charge >= 0.3 is 59.7 Å². The maximum atomic E-state index is 13.3. The first kappa shape index (κ1) is 59.2. The van der Waals surface area contributed by atoms with E-state index < -0.39 is 92.4 Å². The molecule has 0 fully saturated rings. The molecule has 336 valence electrons. The minimum atomic E-state index is -7.89. The third-order valence-electron chi connectivity index (χ3n) is 5.59. The van der Waals surface area contributed by atoms with E-state index in [2.05, 4.69) is 54.7 Å². The molecule has 0 aromatic heterocycles.